The van der Waals surface area contributed by atoms with Crippen LogP contribution in [0.4, 0.5) is 10.1 Å². The fraction of sp³-hybridized carbons (Fsp3) is 0.600. The van der Waals surface area contributed by atoms with E-state index in [2.05, 4.69) is 0 Å². The molecule has 5 heteroatoms. The normalized spacial score (nSPS) is 19.1. The maximum atomic E-state index is 14.1. The van der Waals surface area contributed by atoms with E-state index >= 15 is 0 Å². The fourth-order valence-corrected chi connectivity index (χ4v) is 2.46. The van der Waals surface area contributed by atoms with Gasteiger partial charge in [-0.15, -0.1) is 0 Å². The van der Waals surface area contributed by atoms with E-state index in [1.807, 2.05) is 11.0 Å². The van der Waals surface area contributed by atoms with E-state index in [-0.39, 0.29) is 11.9 Å². The Kier molecular flexibility index (Phi) is 5.61. The van der Waals surface area contributed by atoms with Crippen molar-refractivity contribution in [2.45, 2.75) is 25.3 Å². The summed E-state index contributed by atoms with van der Waals surface area (Å²) in [6.45, 7) is 2.75. The smallest absolute Gasteiger partial charge is 0.150 e. The number of nitrogens with zero attached hydrogens (tertiary/aromatic N) is 1. The topological polar surface area (TPSA) is 47.7 Å². The molecule has 2 N–H and O–H groups in total. The minimum Gasteiger partial charge on any atom is -0.493 e. The van der Waals surface area contributed by atoms with Gasteiger partial charge in [-0.1, -0.05) is 0 Å². The van der Waals surface area contributed by atoms with E-state index in [1.54, 1.807) is 13.2 Å². The number of nitrogens with two attached hydrogens (primary N) is 1. The molecule has 1 aromatic carbocycles. The predicted octanol–water partition coefficient (Wildman–Crippen LogP) is 2.17. The van der Waals surface area contributed by atoms with Crippen molar-refractivity contribution in [3.63, 3.8) is 0 Å². The Bertz CT molecular complexity index is 428. The van der Waals surface area contributed by atoms with Gasteiger partial charge in [0, 0.05) is 45.3 Å². The highest BCUT2D eigenvalue weighted by molar-refractivity contribution is 5.51. The minimum atomic E-state index is -0.247. The molecule has 1 saturated heterocycles. The maximum Gasteiger partial charge on any atom is 0.150 e. The van der Waals surface area contributed by atoms with Crippen molar-refractivity contribution in [3.05, 3.63) is 24.0 Å². The molecule has 0 amide bonds. The van der Waals surface area contributed by atoms with Gasteiger partial charge in [-0.05, 0) is 25.0 Å². The molecule has 4 nitrogen and oxygen atoms in total. The molecule has 0 radical (unpaired) electrons. The van der Waals surface area contributed by atoms with Crippen LogP contribution >= 0.6 is 0 Å². The van der Waals surface area contributed by atoms with Crippen molar-refractivity contribution < 1.29 is 13.9 Å². The maximum absolute atomic E-state index is 14.1. The quantitative estimate of drug-likeness (QED) is 0.812. The lowest BCUT2D eigenvalue weighted by Crippen LogP contribution is -2.43. The van der Waals surface area contributed by atoms with E-state index < -0.39 is 0 Å². The SMILES string of the molecule is COCCCOc1ccc(N2CCCC(N)C2)c(F)c1. The van der Waals surface area contributed by atoms with Crippen LogP contribution < -0.4 is 15.4 Å². The molecule has 1 aliphatic rings. The summed E-state index contributed by atoms with van der Waals surface area (Å²) in [7, 11) is 1.65. The van der Waals surface area contributed by atoms with Gasteiger partial charge < -0.3 is 20.1 Å². The number of hydrogen-bond donors (Lipinski definition) is 1. The molecule has 0 spiro atoms. The summed E-state index contributed by atoms with van der Waals surface area (Å²) in [6, 6.07) is 5.17. The minimum absolute atomic E-state index is 0.133. The first-order chi connectivity index (χ1) is 9.70. The Balaban J connectivity index is 1.95. The van der Waals surface area contributed by atoms with Gasteiger partial charge in [0.05, 0.1) is 12.3 Å². The van der Waals surface area contributed by atoms with Gasteiger partial charge in [0.2, 0.25) is 0 Å². The Morgan fingerprint density at radius 2 is 2.25 bits per heavy atom. The Morgan fingerprint density at radius 1 is 1.40 bits per heavy atom. The van der Waals surface area contributed by atoms with Crippen LogP contribution in [0.5, 0.6) is 5.75 Å². The second-order valence-corrected chi connectivity index (χ2v) is 5.16. The number of piperidine rings is 1. The molecular formula is C15H23FN2O2. The highest BCUT2D eigenvalue weighted by Crippen LogP contribution is 2.26. The zero-order chi connectivity index (χ0) is 14.4. The lowest BCUT2D eigenvalue weighted by molar-refractivity contribution is 0.172. The third kappa shape index (κ3) is 4.08. The monoisotopic (exact) mass is 282 g/mol. The van der Waals surface area contributed by atoms with Gasteiger partial charge in [-0.2, -0.15) is 0 Å². The van der Waals surface area contributed by atoms with Crippen molar-refractivity contribution in [1.82, 2.24) is 0 Å². The summed E-state index contributed by atoms with van der Waals surface area (Å²) >= 11 is 0. The number of halogens is 1. The standard InChI is InChI=1S/C15H23FN2O2/c1-19-8-3-9-20-13-5-6-15(14(16)10-13)18-7-2-4-12(17)11-18/h5-6,10,12H,2-4,7-9,11,17H2,1H3. The zero-order valence-corrected chi connectivity index (χ0v) is 12.0. The lowest BCUT2D eigenvalue weighted by atomic mass is 10.1. The number of benzene rings is 1. The Morgan fingerprint density at radius 3 is 2.95 bits per heavy atom. The number of rotatable bonds is 6. The Labute approximate surface area is 119 Å². The van der Waals surface area contributed by atoms with Crippen LogP contribution in [0.1, 0.15) is 19.3 Å². The van der Waals surface area contributed by atoms with Crippen LogP contribution in [0.2, 0.25) is 0 Å². The van der Waals surface area contributed by atoms with Gasteiger partial charge in [-0.25, -0.2) is 4.39 Å². The zero-order valence-electron chi connectivity index (χ0n) is 12.0. The molecule has 112 valence electrons. The van der Waals surface area contributed by atoms with E-state index in [0.29, 0.717) is 31.2 Å². The first-order valence-corrected chi connectivity index (χ1v) is 7.12. The highest BCUT2D eigenvalue weighted by Gasteiger charge is 2.19. The summed E-state index contributed by atoms with van der Waals surface area (Å²) in [5, 5.41) is 0. The third-order valence-electron chi connectivity index (χ3n) is 3.48. The summed E-state index contributed by atoms with van der Waals surface area (Å²) in [5.41, 5.74) is 6.55. The summed E-state index contributed by atoms with van der Waals surface area (Å²) in [4.78, 5) is 2.01. The van der Waals surface area contributed by atoms with E-state index in [1.165, 1.54) is 6.07 Å². The van der Waals surface area contributed by atoms with Crippen LogP contribution in [0, 0.1) is 5.82 Å². The molecule has 1 atom stereocenters. The van der Waals surface area contributed by atoms with Crippen molar-refractivity contribution >= 4 is 5.69 Å². The summed E-state index contributed by atoms with van der Waals surface area (Å²) in [6.07, 6.45) is 2.82. The van der Waals surface area contributed by atoms with Gasteiger partial charge in [0.25, 0.3) is 0 Å². The molecule has 1 aliphatic heterocycles. The van der Waals surface area contributed by atoms with Crippen molar-refractivity contribution in [2.24, 2.45) is 5.73 Å². The van der Waals surface area contributed by atoms with Crippen molar-refractivity contribution in [1.29, 1.82) is 0 Å². The number of hydrogen-bond acceptors (Lipinski definition) is 4. The van der Waals surface area contributed by atoms with Crippen LogP contribution in [-0.2, 0) is 4.74 Å². The molecule has 0 aromatic heterocycles. The van der Waals surface area contributed by atoms with E-state index in [9.17, 15) is 4.39 Å². The Hall–Kier alpha value is -1.33. The second-order valence-electron chi connectivity index (χ2n) is 5.16. The molecule has 1 heterocycles. The van der Waals surface area contributed by atoms with Crippen LogP contribution in [-0.4, -0.2) is 39.5 Å². The van der Waals surface area contributed by atoms with Gasteiger partial charge in [0.15, 0.2) is 0 Å². The third-order valence-corrected chi connectivity index (χ3v) is 3.48. The van der Waals surface area contributed by atoms with E-state index in [0.717, 1.165) is 25.8 Å². The first-order valence-electron chi connectivity index (χ1n) is 7.12. The summed E-state index contributed by atoms with van der Waals surface area (Å²) in [5.74, 6) is 0.312. The lowest BCUT2D eigenvalue weighted by Gasteiger charge is -2.32. The number of methoxy groups -OCH3 is 1. The molecular weight excluding hydrogens is 259 g/mol. The van der Waals surface area contributed by atoms with Crippen LogP contribution in [0.15, 0.2) is 18.2 Å². The predicted molar refractivity (Wildman–Crippen MR) is 77.8 cm³/mol. The summed E-state index contributed by atoms with van der Waals surface area (Å²) < 4.78 is 24.6. The van der Waals surface area contributed by atoms with Gasteiger partial charge >= 0.3 is 0 Å². The van der Waals surface area contributed by atoms with Gasteiger partial charge in [0.1, 0.15) is 11.6 Å². The van der Waals surface area contributed by atoms with Gasteiger partial charge in [-0.3, -0.25) is 0 Å². The van der Waals surface area contributed by atoms with Crippen LogP contribution in [0.3, 0.4) is 0 Å². The van der Waals surface area contributed by atoms with E-state index in [4.69, 9.17) is 15.2 Å². The van der Waals surface area contributed by atoms with Crippen molar-refractivity contribution in [3.8, 4) is 5.75 Å². The largest absolute Gasteiger partial charge is 0.493 e. The number of ether oxygens (including phenoxy) is 2. The molecule has 1 aromatic rings. The fourth-order valence-electron chi connectivity index (χ4n) is 2.46. The first kappa shape index (κ1) is 15.1. The molecule has 1 unspecified atom stereocenters. The molecule has 0 aliphatic carbocycles. The molecule has 0 saturated carbocycles. The number of anilines is 1. The average molecular weight is 282 g/mol. The molecule has 0 bridgehead atoms. The highest BCUT2D eigenvalue weighted by atomic mass is 19.1. The average Bonchev–Trinajstić information content (AvgIpc) is 2.44. The molecule has 20 heavy (non-hydrogen) atoms. The van der Waals surface area contributed by atoms with Crippen molar-refractivity contribution in [2.75, 3.05) is 38.3 Å². The van der Waals surface area contributed by atoms with Crippen LogP contribution in [0.25, 0.3) is 0 Å². The second kappa shape index (κ2) is 7.45. The molecule has 1 fully saturated rings. The molecule has 2 rings (SSSR count).